The van der Waals surface area contributed by atoms with Crippen LogP contribution in [0.1, 0.15) is 38.5 Å². The molecule has 0 aliphatic rings. The number of benzene rings is 2. The quantitative estimate of drug-likeness (QED) is 0.564. The lowest BCUT2D eigenvalue weighted by Crippen LogP contribution is -2.13. The third-order valence-electron chi connectivity index (χ3n) is 3.71. The molecule has 0 fully saturated rings. The van der Waals surface area contributed by atoms with E-state index in [1.165, 1.54) is 0 Å². The Labute approximate surface area is 138 Å². The van der Waals surface area contributed by atoms with Gasteiger partial charge in [-0.3, -0.25) is 4.79 Å². The van der Waals surface area contributed by atoms with Crippen LogP contribution in [-0.4, -0.2) is 5.78 Å². The van der Waals surface area contributed by atoms with Gasteiger partial charge in [-0.2, -0.15) is 5.26 Å². The maximum atomic E-state index is 12.7. The summed E-state index contributed by atoms with van der Waals surface area (Å²) in [7, 11) is 0. The molecule has 2 aromatic rings. The van der Waals surface area contributed by atoms with Crippen molar-refractivity contribution in [2.24, 2.45) is 0 Å². The molecule has 0 aliphatic heterocycles. The summed E-state index contributed by atoms with van der Waals surface area (Å²) in [5, 5.41) is 9.46. The van der Waals surface area contributed by atoms with E-state index in [1.807, 2.05) is 51.1 Å². The topological polar surface area (TPSA) is 40.9 Å². The van der Waals surface area contributed by atoms with Crippen LogP contribution in [0.5, 0.6) is 0 Å². The minimum Gasteiger partial charge on any atom is -0.292 e. The highest BCUT2D eigenvalue weighted by Gasteiger charge is 2.24. The average molecular weight is 389 g/mol. The number of halogens is 1. The van der Waals surface area contributed by atoms with Crippen molar-refractivity contribution in [3.63, 3.8) is 0 Å². The maximum Gasteiger partial charge on any atom is 0.185 e. The monoisotopic (exact) mass is 389 g/mol. The number of ketones is 1. The van der Waals surface area contributed by atoms with Crippen molar-refractivity contribution >= 4 is 28.4 Å². The van der Waals surface area contributed by atoms with Crippen LogP contribution in [0.15, 0.2) is 36.4 Å². The van der Waals surface area contributed by atoms with Crippen molar-refractivity contribution in [1.29, 1.82) is 5.26 Å². The predicted octanol–water partition coefficient (Wildman–Crippen LogP) is 4.71. The molecule has 0 heterocycles. The van der Waals surface area contributed by atoms with Gasteiger partial charge in [-0.05, 0) is 65.6 Å². The van der Waals surface area contributed by atoms with Crippen LogP contribution in [0.4, 0.5) is 0 Å². The number of nitriles is 1. The summed E-state index contributed by atoms with van der Waals surface area (Å²) in [5.41, 5.74) is 4.70. The summed E-state index contributed by atoms with van der Waals surface area (Å²) in [4.78, 5) is 12.7. The lowest BCUT2D eigenvalue weighted by molar-refractivity contribution is 0.0978. The molecule has 2 nitrogen and oxygen atoms in total. The SMILES string of the molecule is Cc1ccc(C(C#N)C(=O)c2cccc(C)c2I)cc1C. The molecule has 21 heavy (non-hydrogen) atoms. The van der Waals surface area contributed by atoms with E-state index < -0.39 is 5.92 Å². The van der Waals surface area contributed by atoms with Gasteiger partial charge in [0.15, 0.2) is 5.78 Å². The summed E-state index contributed by atoms with van der Waals surface area (Å²) in [6.45, 7) is 5.98. The van der Waals surface area contributed by atoms with Crippen molar-refractivity contribution in [3.05, 3.63) is 67.8 Å². The number of hydrogen-bond acceptors (Lipinski definition) is 2. The second kappa shape index (κ2) is 6.40. The van der Waals surface area contributed by atoms with Crippen molar-refractivity contribution < 1.29 is 4.79 Å². The van der Waals surface area contributed by atoms with Crippen LogP contribution in [0.3, 0.4) is 0 Å². The van der Waals surface area contributed by atoms with Crippen LogP contribution in [-0.2, 0) is 0 Å². The van der Waals surface area contributed by atoms with Gasteiger partial charge in [-0.1, -0.05) is 36.4 Å². The molecule has 3 heteroatoms. The van der Waals surface area contributed by atoms with E-state index in [1.54, 1.807) is 6.07 Å². The zero-order chi connectivity index (χ0) is 15.6. The van der Waals surface area contributed by atoms with E-state index in [0.29, 0.717) is 5.56 Å². The van der Waals surface area contributed by atoms with Gasteiger partial charge in [-0.25, -0.2) is 0 Å². The third kappa shape index (κ3) is 3.16. The van der Waals surface area contributed by atoms with E-state index in [0.717, 1.165) is 25.8 Å². The molecule has 0 bridgehead atoms. The summed E-state index contributed by atoms with van der Waals surface area (Å²) in [6.07, 6.45) is 0. The Bertz CT molecular complexity index is 743. The third-order valence-corrected chi connectivity index (χ3v) is 5.14. The number of rotatable bonds is 3. The van der Waals surface area contributed by atoms with Gasteiger partial charge in [-0.15, -0.1) is 0 Å². The second-order valence-corrected chi connectivity index (χ2v) is 6.29. The minimum absolute atomic E-state index is 0.131. The number of nitrogens with zero attached hydrogens (tertiary/aromatic N) is 1. The molecule has 106 valence electrons. The zero-order valence-electron chi connectivity index (χ0n) is 12.3. The molecule has 0 radical (unpaired) electrons. The Morgan fingerprint density at radius 3 is 2.43 bits per heavy atom. The number of carbonyl (C=O) groups is 1. The molecule has 2 aromatic carbocycles. The molecule has 0 amide bonds. The van der Waals surface area contributed by atoms with Gasteiger partial charge in [0, 0.05) is 9.13 Å². The minimum atomic E-state index is -0.750. The first-order valence-electron chi connectivity index (χ1n) is 6.71. The largest absolute Gasteiger partial charge is 0.292 e. The van der Waals surface area contributed by atoms with Gasteiger partial charge in [0.2, 0.25) is 0 Å². The molecule has 0 saturated heterocycles. The zero-order valence-corrected chi connectivity index (χ0v) is 14.4. The number of Topliss-reactive ketones (excluding diaryl/α,β-unsaturated/α-hetero) is 1. The van der Waals surface area contributed by atoms with Crippen LogP contribution < -0.4 is 0 Å². The molecule has 0 aromatic heterocycles. The normalized spacial score (nSPS) is 11.8. The summed E-state index contributed by atoms with van der Waals surface area (Å²) in [6, 6.07) is 13.5. The standard InChI is InChI=1S/C18H16INO/c1-11-7-8-14(9-13(11)3)16(10-20)18(21)15-6-4-5-12(2)17(15)19/h4-9,16H,1-3H3. The number of carbonyl (C=O) groups excluding carboxylic acids is 1. The first-order valence-corrected chi connectivity index (χ1v) is 7.79. The summed E-state index contributed by atoms with van der Waals surface area (Å²) in [5.74, 6) is -0.881. The first kappa shape index (κ1) is 15.7. The highest BCUT2D eigenvalue weighted by molar-refractivity contribution is 14.1. The second-order valence-electron chi connectivity index (χ2n) is 5.21. The van der Waals surface area contributed by atoms with Crippen molar-refractivity contribution in [2.75, 3.05) is 0 Å². The van der Waals surface area contributed by atoms with Crippen LogP contribution in [0.25, 0.3) is 0 Å². The molecule has 1 unspecified atom stereocenters. The lowest BCUT2D eigenvalue weighted by Gasteiger charge is -2.12. The van der Waals surface area contributed by atoms with E-state index in [4.69, 9.17) is 0 Å². The Kier molecular flexibility index (Phi) is 4.79. The Morgan fingerprint density at radius 2 is 1.81 bits per heavy atom. The molecule has 0 N–H and O–H groups in total. The van der Waals surface area contributed by atoms with Gasteiger partial charge < -0.3 is 0 Å². The van der Waals surface area contributed by atoms with Crippen LogP contribution in [0.2, 0.25) is 0 Å². The van der Waals surface area contributed by atoms with E-state index in [-0.39, 0.29) is 5.78 Å². The molecular formula is C18H16INO. The lowest BCUT2D eigenvalue weighted by atomic mass is 9.89. The van der Waals surface area contributed by atoms with Crippen LogP contribution in [0, 0.1) is 35.7 Å². The van der Waals surface area contributed by atoms with E-state index in [2.05, 4.69) is 28.7 Å². The van der Waals surface area contributed by atoms with Crippen molar-refractivity contribution in [2.45, 2.75) is 26.7 Å². The molecule has 2 rings (SSSR count). The molecule has 0 spiro atoms. The fourth-order valence-electron chi connectivity index (χ4n) is 2.22. The molecule has 1 atom stereocenters. The van der Waals surface area contributed by atoms with Crippen molar-refractivity contribution in [1.82, 2.24) is 0 Å². The van der Waals surface area contributed by atoms with Crippen LogP contribution >= 0.6 is 22.6 Å². The average Bonchev–Trinajstić information content (AvgIpc) is 2.46. The highest BCUT2D eigenvalue weighted by Crippen LogP contribution is 2.26. The van der Waals surface area contributed by atoms with Gasteiger partial charge >= 0.3 is 0 Å². The maximum absolute atomic E-state index is 12.7. The Balaban J connectivity index is 2.46. The Hall–Kier alpha value is -1.67. The highest BCUT2D eigenvalue weighted by atomic mass is 127. The first-order chi connectivity index (χ1) is 9.95. The summed E-state index contributed by atoms with van der Waals surface area (Å²) >= 11 is 2.17. The van der Waals surface area contributed by atoms with E-state index in [9.17, 15) is 10.1 Å². The fraction of sp³-hybridized carbons (Fsp3) is 0.222. The molecule has 0 saturated carbocycles. The van der Waals surface area contributed by atoms with Gasteiger partial charge in [0.05, 0.1) is 6.07 Å². The fourth-order valence-corrected chi connectivity index (χ4v) is 2.85. The number of aryl methyl sites for hydroxylation is 3. The van der Waals surface area contributed by atoms with E-state index >= 15 is 0 Å². The number of hydrogen-bond donors (Lipinski definition) is 0. The van der Waals surface area contributed by atoms with Gasteiger partial charge in [0.1, 0.15) is 5.92 Å². The smallest absolute Gasteiger partial charge is 0.185 e. The van der Waals surface area contributed by atoms with Crippen molar-refractivity contribution in [3.8, 4) is 6.07 Å². The Morgan fingerprint density at radius 1 is 1.10 bits per heavy atom. The summed E-state index contributed by atoms with van der Waals surface area (Å²) < 4.78 is 0.921. The molecule has 0 aliphatic carbocycles. The predicted molar refractivity (Wildman–Crippen MR) is 92.5 cm³/mol. The molecular weight excluding hydrogens is 373 g/mol. The van der Waals surface area contributed by atoms with Gasteiger partial charge in [0.25, 0.3) is 0 Å².